The molecule has 0 spiro atoms. The highest BCUT2D eigenvalue weighted by Gasteiger charge is 2.15. The van der Waals surface area contributed by atoms with Gasteiger partial charge < -0.3 is 4.74 Å². The Morgan fingerprint density at radius 2 is 2.00 bits per heavy atom. The molecule has 0 aliphatic carbocycles. The molecule has 0 fully saturated rings. The third kappa shape index (κ3) is 4.87. The lowest BCUT2D eigenvalue weighted by Crippen LogP contribution is -2.01. The van der Waals surface area contributed by atoms with E-state index in [0.29, 0.717) is 12.5 Å². The molecule has 100 valence electrons. The van der Waals surface area contributed by atoms with Crippen LogP contribution in [0.25, 0.3) is 0 Å². The molecule has 4 nitrogen and oxygen atoms in total. The van der Waals surface area contributed by atoms with Crippen molar-refractivity contribution < 1.29 is 14.1 Å². The molecule has 0 bridgehead atoms. The van der Waals surface area contributed by atoms with Crippen molar-refractivity contribution >= 4 is 17.3 Å². The first-order chi connectivity index (χ1) is 8.65. The molecule has 1 rings (SSSR count). The van der Waals surface area contributed by atoms with Crippen LogP contribution in [0.3, 0.4) is 0 Å². The van der Waals surface area contributed by atoms with Gasteiger partial charge in [0.05, 0.1) is 11.5 Å². The lowest BCUT2D eigenvalue weighted by Gasteiger charge is -2.06. The van der Waals surface area contributed by atoms with Crippen LogP contribution >= 0.6 is 11.6 Å². The summed E-state index contributed by atoms with van der Waals surface area (Å²) in [4.78, 5) is 10.1. The van der Waals surface area contributed by atoms with Crippen molar-refractivity contribution in [2.75, 3.05) is 12.5 Å². The first-order valence-corrected chi connectivity index (χ1v) is 6.31. The number of hydrogen-bond acceptors (Lipinski definition) is 3. The van der Waals surface area contributed by atoms with Gasteiger partial charge in [-0.15, -0.1) is 11.6 Å². The summed E-state index contributed by atoms with van der Waals surface area (Å²) in [7, 11) is 0. The van der Waals surface area contributed by atoms with Crippen LogP contribution in [0, 0.1) is 15.9 Å². The largest absolute Gasteiger partial charge is 0.487 e. The molecule has 0 unspecified atom stereocenters. The molecule has 0 radical (unpaired) electrons. The zero-order valence-electron chi connectivity index (χ0n) is 9.90. The number of nitro groups is 1. The minimum absolute atomic E-state index is 0.0163. The van der Waals surface area contributed by atoms with E-state index in [2.05, 4.69) is 0 Å². The van der Waals surface area contributed by atoms with Crippen molar-refractivity contribution in [1.29, 1.82) is 0 Å². The molecular weight excluding hydrogens is 261 g/mol. The van der Waals surface area contributed by atoms with Gasteiger partial charge in [0.1, 0.15) is 5.82 Å². The highest BCUT2D eigenvalue weighted by molar-refractivity contribution is 6.17. The van der Waals surface area contributed by atoms with Gasteiger partial charge in [-0.1, -0.05) is 12.8 Å². The van der Waals surface area contributed by atoms with Gasteiger partial charge in [0.15, 0.2) is 5.75 Å². The van der Waals surface area contributed by atoms with Crippen molar-refractivity contribution in [3.8, 4) is 5.75 Å². The minimum Gasteiger partial charge on any atom is -0.487 e. The van der Waals surface area contributed by atoms with Crippen LogP contribution in [0.15, 0.2) is 18.2 Å². The number of benzene rings is 1. The molecule has 0 aromatic heterocycles. The fourth-order valence-corrected chi connectivity index (χ4v) is 1.68. The van der Waals surface area contributed by atoms with Crippen molar-refractivity contribution in [2.24, 2.45) is 0 Å². The van der Waals surface area contributed by atoms with Gasteiger partial charge in [-0.05, 0) is 18.9 Å². The highest BCUT2D eigenvalue weighted by Crippen LogP contribution is 2.27. The molecule has 0 aliphatic heterocycles. The van der Waals surface area contributed by atoms with Crippen molar-refractivity contribution in [2.45, 2.75) is 25.7 Å². The Labute approximate surface area is 110 Å². The molecule has 0 amide bonds. The number of ether oxygens (including phenoxy) is 1. The third-order valence-electron chi connectivity index (χ3n) is 2.40. The fourth-order valence-electron chi connectivity index (χ4n) is 1.49. The predicted octanol–water partition coefficient (Wildman–Crippen LogP) is 3.91. The Morgan fingerprint density at radius 3 is 2.67 bits per heavy atom. The standard InChI is InChI=1S/C12H15ClFNO3/c13-7-3-1-2-4-8-18-12-9-10(14)5-6-11(12)15(16)17/h5-6,9H,1-4,7-8H2. The fraction of sp³-hybridized carbons (Fsp3) is 0.500. The van der Waals surface area contributed by atoms with Gasteiger partial charge in [0.2, 0.25) is 0 Å². The number of unbranched alkanes of at least 4 members (excludes halogenated alkanes) is 3. The molecule has 0 atom stereocenters. The lowest BCUT2D eigenvalue weighted by molar-refractivity contribution is -0.385. The molecule has 0 saturated heterocycles. The number of hydrogen-bond donors (Lipinski definition) is 0. The summed E-state index contributed by atoms with van der Waals surface area (Å²) < 4.78 is 18.2. The van der Waals surface area contributed by atoms with Crippen LogP contribution in [0.2, 0.25) is 0 Å². The van der Waals surface area contributed by atoms with E-state index in [-0.39, 0.29) is 11.4 Å². The first kappa shape index (κ1) is 14.7. The van der Waals surface area contributed by atoms with E-state index in [9.17, 15) is 14.5 Å². The minimum atomic E-state index is -0.581. The zero-order chi connectivity index (χ0) is 13.4. The van der Waals surface area contributed by atoms with E-state index < -0.39 is 10.7 Å². The summed E-state index contributed by atoms with van der Waals surface area (Å²) in [5.41, 5.74) is -0.211. The van der Waals surface area contributed by atoms with Crippen LogP contribution in [0.1, 0.15) is 25.7 Å². The molecule has 0 N–H and O–H groups in total. The van der Waals surface area contributed by atoms with Gasteiger partial charge in [-0.2, -0.15) is 0 Å². The predicted molar refractivity (Wildman–Crippen MR) is 67.7 cm³/mol. The monoisotopic (exact) mass is 275 g/mol. The SMILES string of the molecule is O=[N+]([O-])c1ccc(F)cc1OCCCCCCCl. The first-order valence-electron chi connectivity index (χ1n) is 5.78. The Kier molecular flexibility index (Phi) is 6.43. The van der Waals surface area contributed by atoms with E-state index in [0.717, 1.165) is 43.9 Å². The smallest absolute Gasteiger partial charge is 0.311 e. The summed E-state index contributed by atoms with van der Waals surface area (Å²) in [6, 6.07) is 3.19. The molecule has 1 aromatic carbocycles. The van der Waals surface area contributed by atoms with Gasteiger partial charge in [0, 0.05) is 18.0 Å². The van der Waals surface area contributed by atoms with Gasteiger partial charge >= 0.3 is 5.69 Å². The van der Waals surface area contributed by atoms with Crippen LogP contribution in [0.4, 0.5) is 10.1 Å². The average molecular weight is 276 g/mol. The van der Waals surface area contributed by atoms with Crippen LogP contribution in [-0.2, 0) is 0 Å². The van der Waals surface area contributed by atoms with Gasteiger partial charge in [-0.25, -0.2) is 4.39 Å². The molecule has 0 heterocycles. The maximum absolute atomic E-state index is 13.0. The number of nitrogens with zero attached hydrogens (tertiary/aromatic N) is 1. The molecule has 0 aliphatic rings. The second-order valence-corrected chi connectivity index (χ2v) is 4.20. The number of alkyl halides is 1. The summed E-state index contributed by atoms with van der Waals surface area (Å²) in [6.07, 6.45) is 3.65. The van der Waals surface area contributed by atoms with E-state index in [1.54, 1.807) is 0 Å². The van der Waals surface area contributed by atoms with Crippen LogP contribution < -0.4 is 4.74 Å². The topological polar surface area (TPSA) is 52.4 Å². The Hall–Kier alpha value is -1.36. The summed E-state index contributed by atoms with van der Waals surface area (Å²) in [5, 5.41) is 10.7. The normalized spacial score (nSPS) is 10.3. The quantitative estimate of drug-likeness (QED) is 0.313. The Morgan fingerprint density at radius 1 is 1.28 bits per heavy atom. The van der Waals surface area contributed by atoms with Crippen molar-refractivity contribution in [1.82, 2.24) is 0 Å². The second kappa shape index (κ2) is 7.87. The van der Waals surface area contributed by atoms with E-state index in [4.69, 9.17) is 16.3 Å². The van der Waals surface area contributed by atoms with E-state index in [1.165, 1.54) is 0 Å². The number of halogens is 2. The molecule has 18 heavy (non-hydrogen) atoms. The maximum atomic E-state index is 13.0. The van der Waals surface area contributed by atoms with E-state index >= 15 is 0 Å². The summed E-state index contributed by atoms with van der Waals surface area (Å²) in [5.74, 6) is 0.0750. The van der Waals surface area contributed by atoms with Gasteiger partial charge in [-0.3, -0.25) is 10.1 Å². The number of nitro benzene ring substituents is 1. The van der Waals surface area contributed by atoms with Crippen molar-refractivity contribution in [3.63, 3.8) is 0 Å². The molecule has 6 heteroatoms. The van der Waals surface area contributed by atoms with Crippen LogP contribution in [0.5, 0.6) is 5.75 Å². The Bertz CT molecular complexity index is 401. The van der Waals surface area contributed by atoms with Crippen LogP contribution in [-0.4, -0.2) is 17.4 Å². The molecule has 0 saturated carbocycles. The highest BCUT2D eigenvalue weighted by atomic mass is 35.5. The van der Waals surface area contributed by atoms with Crippen molar-refractivity contribution in [3.05, 3.63) is 34.1 Å². The third-order valence-corrected chi connectivity index (χ3v) is 2.67. The maximum Gasteiger partial charge on any atom is 0.311 e. The second-order valence-electron chi connectivity index (χ2n) is 3.82. The van der Waals surface area contributed by atoms with Gasteiger partial charge in [0.25, 0.3) is 0 Å². The summed E-state index contributed by atoms with van der Waals surface area (Å²) in [6.45, 7) is 0.340. The van der Waals surface area contributed by atoms with E-state index in [1.807, 2.05) is 0 Å². The Balaban J connectivity index is 2.45. The molecular formula is C12H15ClFNO3. The molecule has 1 aromatic rings. The lowest BCUT2D eigenvalue weighted by atomic mass is 10.2. The number of rotatable bonds is 8. The summed E-state index contributed by atoms with van der Waals surface area (Å²) >= 11 is 5.54. The zero-order valence-corrected chi connectivity index (χ0v) is 10.7. The average Bonchev–Trinajstić information content (AvgIpc) is 2.33.